The molecule has 10 atom stereocenters. The van der Waals surface area contributed by atoms with Crippen molar-refractivity contribution >= 4 is 23.3 Å². The second-order valence-corrected chi connectivity index (χ2v) is 11.7. The molecule has 11 N–H and O–H groups in total. The summed E-state index contributed by atoms with van der Waals surface area (Å²) in [4.78, 5) is 25.5. The molecule has 0 unspecified atom stereocenters. The molecular formula is C28H38N3O14+. The Labute approximate surface area is 256 Å². The molecule has 2 fully saturated rings. The van der Waals surface area contributed by atoms with E-state index in [1.54, 1.807) is 21.1 Å². The van der Waals surface area contributed by atoms with Gasteiger partial charge >= 0.3 is 11.9 Å². The van der Waals surface area contributed by atoms with Crippen LogP contribution in [0.5, 0.6) is 17.2 Å². The van der Waals surface area contributed by atoms with E-state index in [9.17, 15) is 45.3 Å². The van der Waals surface area contributed by atoms with Crippen molar-refractivity contribution in [3.05, 3.63) is 42.0 Å². The SMILES string of the molecule is C[N+](C)(C)[C@@H]1[C@@H](O[C@@H]2O[C@H](C(=O)Oc3cc(N)ccc3O)[C@@H](O)[C@H](O)[C@H]2O)[C@H](O)[C@@H](COC(=O)c2cc(N)ccc2O)O[C@H]1O. The van der Waals surface area contributed by atoms with Crippen LogP contribution >= 0.6 is 0 Å². The predicted molar refractivity (Wildman–Crippen MR) is 151 cm³/mol. The van der Waals surface area contributed by atoms with Crippen molar-refractivity contribution in [2.75, 3.05) is 39.2 Å². The fourth-order valence-corrected chi connectivity index (χ4v) is 5.08. The maximum absolute atomic E-state index is 12.9. The van der Waals surface area contributed by atoms with Crippen molar-refractivity contribution in [3.8, 4) is 17.2 Å². The number of nitrogen functional groups attached to an aromatic ring is 2. The fourth-order valence-electron chi connectivity index (χ4n) is 5.08. The number of anilines is 2. The highest BCUT2D eigenvalue weighted by Gasteiger charge is 2.56. The quantitative estimate of drug-likeness (QED) is 0.0469. The number of benzene rings is 2. The van der Waals surface area contributed by atoms with Crippen LogP contribution in [0.25, 0.3) is 0 Å². The van der Waals surface area contributed by atoms with Crippen LogP contribution in [0.3, 0.4) is 0 Å². The van der Waals surface area contributed by atoms with Crippen LogP contribution in [0.2, 0.25) is 0 Å². The first-order chi connectivity index (χ1) is 21.0. The topological polar surface area (TPSA) is 274 Å². The second-order valence-electron chi connectivity index (χ2n) is 11.7. The van der Waals surface area contributed by atoms with E-state index in [4.69, 9.17) is 35.2 Å². The van der Waals surface area contributed by atoms with Crippen molar-refractivity contribution in [2.24, 2.45) is 0 Å². The molecule has 0 spiro atoms. The highest BCUT2D eigenvalue weighted by atomic mass is 16.7. The molecule has 45 heavy (non-hydrogen) atoms. The maximum Gasteiger partial charge on any atom is 0.343 e. The molecule has 2 aromatic rings. The van der Waals surface area contributed by atoms with Crippen molar-refractivity contribution in [1.29, 1.82) is 0 Å². The molecule has 17 heteroatoms. The Morgan fingerprint density at radius 3 is 2.11 bits per heavy atom. The van der Waals surface area contributed by atoms with Gasteiger partial charge in [-0.1, -0.05) is 0 Å². The molecule has 0 radical (unpaired) electrons. The number of phenols is 2. The van der Waals surface area contributed by atoms with E-state index in [0.717, 1.165) is 12.1 Å². The van der Waals surface area contributed by atoms with Crippen molar-refractivity contribution in [2.45, 2.75) is 61.3 Å². The van der Waals surface area contributed by atoms with Crippen LogP contribution in [-0.2, 0) is 23.7 Å². The smallest absolute Gasteiger partial charge is 0.343 e. The summed E-state index contributed by atoms with van der Waals surface area (Å²) in [5.74, 6) is -3.53. The van der Waals surface area contributed by atoms with Crippen molar-refractivity contribution in [3.63, 3.8) is 0 Å². The lowest BCUT2D eigenvalue weighted by Gasteiger charge is -2.49. The van der Waals surface area contributed by atoms with Crippen LogP contribution in [-0.4, -0.2) is 141 Å². The van der Waals surface area contributed by atoms with Gasteiger partial charge in [0.2, 0.25) is 6.29 Å². The fraction of sp³-hybridized carbons (Fsp3) is 0.500. The number of ether oxygens (including phenoxy) is 5. The number of hydrogen-bond acceptors (Lipinski definition) is 16. The summed E-state index contributed by atoms with van der Waals surface area (Å²) >= 11 is 0. The number of likely N-dealkylation sites (N-methyl/N-ethyl adjacent to an activating group) is 1. The zero-order valence-corrected chi connectivity index (χ0v) is 24.5. The Morgan fingerprint density at radius 2 is 1.47 bits per heavy atom. The number of rotatable bonds is 8. The first-order valence-corrected chi connectivity index (χ1v) is 13.7. The number of carbonyl (C=O) groups is 2. The molecule has 2 aromatic carbocycles. The van der Waals surface area contributed by atoms with Gasteiger partial charge < -0.3 is 75.4 Å². The van der Waals surface area contributed by atoms with Crippen LogP contribution < -0.4 is 16.2 Å². The van der Waals surface area contributed by atoms with E-state index >= 15 is 0 Å². The third-order valence-electron chi connectivity index (χ3n) is 7.46. The summed E-state index contributed by atoms with van der Waals surface area (Å²) in [6.07, 6.45) is -16.0. The molecule has 248 valence electrons. The zero-order chi connectivity index (χ0) is 33.4. The van der Waals surface area contributed by atoms with Gasteiger partial charge in [0.25, 0.3) is 0 Å². The molecule has 4 rings (SSSR count). The van der Waals surface area contributed by atoms with Gasteiger partial charge in [-0.25, -0.2) is 9.59 Å². The Kier molecular flexibility index (Phi) is 10.1. The Balaban J connectivity index is 1.54. The number of carbonyl (C=O) groups excluding carboxylic acids is 2. The molecule has 2 saturated heterocycles. The summed E-state index contributed by atoms with van der Waals surface area (Å²) in [6, 6.07) is 6.30. The predicted octanol–water partition coefficient (Wildman–Crippen LogP) is -2.63. The minimum atomic E-state index is -2.01. The third-order valence-corrected chi connectivity index (χ3v) is 7.46. The molecule has 17 nitrogen and oxygen atoms in total. The maximum atomic E-state index is 12.9. The van der Waals surface area contributed by atoms with E-state index in [0.29, 0.717) is 0 Å². The first kappa shape index (κ1) is 34.1. The number of quaternary nitrogens is 1. The first-order valence-electron chi connectivity index (χ1n) is 13.7. The molecule has 0 amide bonds. The van der Waals surface area contributed by atoms with Crippen LogP contribution in [0.1, 0.15) is 10.4 Å². The second kappa shape index (κ2) is 13.3. The number of esters is 2. The minimum absolute atomic E-state index is 0.0826. The largest absolute Gasteiger partial charge is 0.507 e. The highest BCUT2D eigenvalue weighted by Crippen LogP contribution is 2.34. The van der Waals surface area contributed by atoms with Gasteiger partial charge in [-0.15, -0.1) is 0 Å². The van der Waals surface area contributed by atoms with Crippen LogP contribution in [0.15, 0.2) is 36.4 Å². The number of phenolic OH excluding ortho intramolecular Hbond substituents is 2. The standard InChI is InChI=1S/C28H37N3O14/c1-31(2,3)18-23(19(34)17(43-26(18)39)10-41-25(38)13-8-11(29)4-6-14(13)32)44-28-22(37)20(35)21(36)24(45-28)27(40)42-16-9-12(30)5-7-15(16)33/h4-9,17-24,26,28,34-37,39H,10,29-30H2,1-3H3,(H-,32,33,38)/p+1/t17-,18-,19-,20+,21+,22-,23-,24+,26-,28-/m1/s1. The molecule has 0 aliphatic carbocycles. The number of aliphatic hydroxyl groups is 5. The third kappa shape index (κ3) is 7.38. The average molecular weight is 641 g/mol. The summed E-state index contributed by atoms with van der Waals surface area (Å²) in [7, 11) is 4.91. The lowest BCUT2D eigenvalue weighted by molar-refractivity contribution is -0.910. The summed E-state index contributed by atoms with van der Waals surface area (Å²) in [5.41, 5.74) is 11.4. The Hall–Kier alpha value is -3.78. The summed E-state index contributed by atoms with van der Waals surface area (Å²) in [6.45, 7) is -0.636. The number of aliphatic hydroxyl groups excluding tert-OH is 5. The van der Waals surface area contributed by atoms with Gasteiger partial charge in [0, 0.05) is 17.4 Å². The average Bonchev–Trinajstić information content (AvgIpc) is 2.96. The van der Waals surface area contributed by atoms with E-state index in [1.807, 2.05) is 0 Å². The van der Waals surface area contributed by atoms with Gasteiger partial charge in [-0.2, -0.15) is 0 Å². The van der Waals surface area contributed by atoms with Crippen LogP contribution in [0, 0.1) is 0 Å². The van der Waals surface area contributed by atoms with Crippen molar-refractivity contribution in [1.82, 2.24) is 0 Å². The van der Waals surface area contributed by atoms with E-state index in [-0.39, 0.29) is 27.2 Å². The molecular weight excluding hydrogens is 602 g/mol. The van der Waals surface area contributed by atoms with Gasteiger partial charge in [0.05, 0.1) is 21.1 Å². The Morgan fingerprint density at radius 1 is 0.844 bits per heavy atom. The molecule has 0 bridgehead atoms. The van der Waals surface area contributed by atoms with Gasteiger partial charge in [0.1, 0.15) is 54.5 Å². The molecule has 2 aliphatic rings. The molecule has 2 aliphatic heterocycles. The van der Waals surface area contributed by atoms with E-state index in [1.165, 1.54) is 24.3 Å². The van der Waals surface area contributed by atoms with Crippen LogP contribution in [0.4, 0.5) is 11.4 Å². The number of nitrogens with zero attached hydrogens (tertiary/aromatic N) is 1. The monoisotopic (exact) mass is 640 g/mol. The lowest BCUT2D eigenvalue weighted by atomic mass is 9.94. The highest BCUT2D eigenvalue weighted by molar-refractivity contribution is 5.93. The van der Waals surface area contributed by atoms with E-state index in [2.05, 4.69) is 0 Å². The molecule has 0 aromatic heterocycles. The lowest BCUT2D eigenvalue weighted by Crippen LogP contribution is -2.70. The summed E-state index contributed by atoms with van der Waals surface area (Å²) in [5, 5.41) is 74.0. The van der Waals surface area contributed by atoms with Gasteiger partial charge in [-0.3, -0.25) is 0 Å². The zero-order valence-electron chi connectivity index (χ0n) is 24.5. The van der Waals surface area contributed by atoms with E-state index < -0.39 is 91.4 Å². The number of aromatic hydroxyl groups is 2. The molecule has 0 saturated carbocycles. The normalized spacial score (nSPS) is 32.1. The van der Waals surface area contributed by atoms with Gasteiger partial charge in [0.15, 0.2) is 29.9 Å². The number of hydrogen-bond donors (Lipinski definition) is 9. The minimum Gasteiger partial charge on any atom is -0.507 e. The Bertz CT molecular complexity index is 1390. The molecule has 2 heterocycles. The summed E-state index contributed by atoms with van der Waals surface area (Å²) < 4.78 is 27.2. The van der Waals surface area contributed by atoms with Gasteiger partial charge in [-0.05, 0) is 30.3 Å². The van der Waals surface area contributed by atoms with Crippen molar-refractivity contribution < 1.29 is 73.5 Å². The number of nitrogens with two attached hydrogens (primary N) is 2.